The molecule has 0 radical (unpaired) electrons. The van der Waals surface area contributed by atoms with Crippen molar-refractivity contribution < 1.29 is 0 Å². The number of halogens is 1. The van der Waals surface area contributed by atoms with Gasteiger partial charge in [-0.05, 0) is 19.1 Å². The minimum absolute atomic E-state index is 0.651. The number of H-pyrrole nitrogens is 2. The number of rotatable bonds is 2. The van der Waals surface area contributed by atoms with Crippen LogP contribution in [0.2, 0.25) is 5.02 Å². The van der Waals surface area contributed by atoms with Gasteiger partial charge in [0.15, 0.2) is 0 Å². The molecule has 18 heavy (non-hydrogen) atoms. The fraction of sp³-hybridized carbons (Fsp3) is 0.0909. The number of aromatic amines is 2. The zero-order chi connectivity index (χ0) is 12.5. The molecular weight excluding hydrogens is 252 g/mol. The van der Waals surface area contributed by atoms with Crippen LogP contribution < -0.4 is 0 Å². The lowest BCUT2D eigenvalue weighted by Crippen LogP contribution is -1.86. The Labute approximate surface area is 107 Å². The lowest BCUT2D eigenvalue weighted by molar-refractivity contribution is 0.924. The lowest BCUT2D eigenvalue weighted by Gasteiger charge is -1.99. The second kappa shape index (κ2) is 4.23. The van der Waals surface area contributed by atoms with Crippen LogP contribution in [0.1, 0.15) is 5.69 Å². The smallest absolute Gasteiger partial charge is 0.142 e. The molecule has 0 aliphatic rings. The van der Waals surface area contributed by atoms with Crippen LogP contribution in [0.15, 0.2) is 24.3 Å². The molecule has 3 aromatic rings. The molecule has 0 saturated heterocycles. The first kappa shape index (κ1) is 10.9. The monoisotopic (exact) mass is 260 g/mol. The van der Waals surface area contributed by atoms with Gasteiger partial charge in [-0.1, -0.05) is 23.7 Å². The summed E-state index contributed by atoms with van der Waals surface area (Å²) in [6, 6.07) is 7.43. The standard InChI is InChI=1S/C11H9ClN6/c1-6-9(14-17-13-6)11-10(15-18-16-11)7-3-2-4-8(12)5-7/h2-5H,1H3,(H,13,14,17)(H,15,16,18). The third kappa shape index (κ3) is 1.76. The maximum atomic E-state index is 5.98. The van der Waals surface area contributed by atoms with Crippen molar-refractivity contribution in [3.8, 4) is 22.6 Å². The Morgan fingerprint density at radius 2 is 1.67 bits per heavy atom. The van der Waals surface area contributed by atoms with E-state index in [0.29, 0.717) is 22.1 Å². The number of nitrogens with zero attached hydrogens (tertiary/aromatic N) is 4. The first-order valence-corrected chi connectivity index (χ1v) is 5.68. The Morgan fingerprint density at radius 3 is 2.39 bits per heavy atom. The van der Waals surface area contributed by atoms with Crippen LogP contribution in [-0.4, -0.2) is 30.8 Å². The zero-order valence-electron chi connectivity index (χ0n) is 9.48. The van der Waals surface area contributed by atoms with Crippen molar-refractivity contribution in [1.29, 1.82) is 0 Å². The van der Waals surface area contributed by atoms with Gasteiger partial charge < -0.3 is 0 Å². The van der Waals surface area contributed by atoms with Gasteiger partial charge >= 0.3 is 0 Å². The van der Waals surface area contributed by atoms with Crippen molar-refractivity contribution in [3.05, 3.63) is 35.0 Å². The predicted octanol–water partition coefficient (Wildman–Crippen LogP) is 2.22. The predicted molar refractivity (Wildman–Crippen MR) is 66.9 cm³/mol. The van der Waals surface area contributed by atoms with E-state index in [1.54, 1.807) is 0 Å². The molecule has 0 amide bonds. The molecule has 0 fully saturated rings. The Hall–Kier alpha value is -2.21. The van der Waals surface area contributed by atoms with Gasteiger partial charge in [-0.3, -0.25) is 0 Å². The van der Waals surface area contributed by atoms with Gasteiger partial charge in [-0.2, -0.15) is 30.8 Å². The summed E-state index contributed by atoms with van der Waals surface area (Å²) in [4.78, 5) is 0. The third-order valence-electron chi connectivity index (χ3n) is 2.59. The van der Waals surface area contributed by atoms with E-state index in [4.69, 9.17) is 11.6 Å². The molecular formula is C11H9ClN6. The summed E-state index contributed by atoms with van der Waals surface area (Å²) in [5.74, 6) is 0. The van der Waals surface area contributed by atoms with E-state index in [1.807, 2.05) is 31.2 Å². The maximum absolute atomic E-state index is 5.98. The Kier molecular flexibility index (Phi) is 2.56. The van der Waals surface area contributed by atoms with Crippen LogP contribution >= 0.6 is 11.6 Å². The van der Waals surface area contributed by atoms with Crippen molar-refractivity contribution in [2.24, 2.45) is 0 Å². The van der Waals surface area contributed by atoms with Crippen molar-refractivity contribution >= 4 is 11.6 Å². The van der Waals surface area contributed by atoms with Gasteiger partial charge in [0.05, 0.1) is 5.69 Å². The van der Waals surface area contributed by atoms with Gasteiger partial charge in [-0.15, -0.1) is 0 Å². The molecule has 0 spiro atoms. The van der Waals surface area contributed by atoms with Crippen LogP contribution in [0.4, 0.5) is 0 Å². The molecule has 0 aliphatic carbocycles. The van der Waals surface area contributed by atoms with E-state index in [-0.39, 0.29) is 0 Å². The SMILES string of the molecule is Cc1n[nH]nc1-c1n[nH]nc1-c1cccc(Cl)c1. The summed E-state index contributed by atoms with van der Waals surface area (Å²) in [7, 11) is 0. The molecule has 1 aromatic carbocycles. The number of aromatic nitrogens is 6. The van der Waals surface area contributed by atoms with Crippen LogP contribution in [0.5, 0.6) is 0 Å². The molecule has 3 rings (SSSR count). The molecule has 0 aliphatic heterocycles. The lowest BCUT2D eigenvalue weighted by atomic mass is 10.1. The topological polar surface area (TPSA) is 83.1 Å². The van der Waals surface area contributed by atoms with Gasteiger partial charge in [-0.25, -0.2) is 0 Å². The van der Waals surface area contributed by atoms with Crippen LogP contribution in [0.3, 0.4) is 0 Å². The summed E-state index contributed by atoms with van der Waals surface area (Å²) >= 11 is 5.98. The number of hydrogen-bond donors (Lipinski definition) is 2. The van der Waals surface area contributed by atoms with Gasteiger partial charge in [0.25, 0.3) is 0 Å². The maximum Gasteiger partial charge on any atom is 0.142 e. The highest BCUT2D eigenvalue weighted by Crippen LogP contribution is 2.29. The Morgan fingerprint density at radius 1 is 0.944 bits per heavy atom. The first-order chi connectivity index (χ1) is 8.75. The van der Waals surface area contributed by atoms with Gasteiger partial charge in [0.1, 0.15) is 17.1 Å². The van der Waals surface area contributed by atoms with Crippen LogP contribution in [0, 0.1) is 6.92 Å². The van der Waals surface area contributed by atoms with E-state index >= 15 is 0 Å². The molecule has 2 heterocycles. The normalized spacial score (nSPS) is 10.8. The first-order valence-electron chi connectivity index (χ1n) is 5.30. The van der Waals surface area contributed by atoms with Crippen LogP contribution in [0.25, 0.3) is 22.6 Å². The molecule has 7 heteroatoms. The molecule has 6 nitrogen and oxygen atoms in total. The van der Waals surface area contributed by atoms with Crippen molar-refractivity contribution in [2.75, 3.05) is 0 Å². The highest BCUT2D eigenvalue weighted by atomic mass is 35.5. The molecule has 2 N–H and O–H groups in total. The average Bonchev–Trinajstić information content (AvgIpc) is 2.96. The largest absolute Gasteiger partial charge is 0.197 e. The summed E-state index contributed by atoms with van der Waals surface area (Å²) in [5, 5.41) is 22.2. The second-order valence-corrected chi connectivity index (χ2v) is 4.23. The van der Waals surface area contributed by atoms with E-state index < -0.39 is 0 Å². The van der Waals surface area contributed by atoms with Crippen molar-refractivity contribution in [3.63, 3.8) is 0 Å². The fourth-order valence-electron chi connectivity index (χ4n) is 1.74. The molecule has 0 atom stereocenters. The van der Waals surface area contributed by atoms with Crippen molar-refractivity contribution in [2.45, 2.75) is 6.92 Å². The fourth-order valence-corrected chi connectivity index (χ4v) is 1.93. The number of nitrogens with one attached hydrogen (secondary N) is 2. The summed E-state index contributed by atoms with van der Waals surface area (Å²) in [5.41, 5.74) is 3.69. The molecule has 2 aromatic heterocycles. The van der Waals surface area contributed by atoms with E-state index in [9.17, 15) is 0 Å². The molecule has 0 unspecified atom stereocenters. The minimum Gasteiger partial charge on any atom is -0.197 e. The molecule has 0 saturated carbocycles. The van der Waals surface area contributed by atoms with Gasteiger partial charge in [0, 0.05) is 10.6 Å². The molecule has 90 valence electrons. The summed E-state index contributed by atoms with van der Waals surface area (Å²) < 4.78 is 0. The zero-order valence-corrected chi connectivity index (χ0v) is 10.2. The van der Waals surface area contributed by atoms with Crippen molar-refractivity contribution in [1.82, 2.24) is 30.8 Å². The van der Waals surface area contributed by atoms with Crippen LogP contribution in [-0.2, 0) is 0 Å². The summed E-state index contributed by atoms with van der Waals surface area (Å²) in [6.45, 7) is 1.86. The Balaban J connectivity index is 2.16. The molecule has 0 bridgehead atoms. The number of aryl methyl sites for hydroxylation is 1. The third-order valence-corrected chi connectivity index (χ3v) is 2.83. The summed E-state index contributed by atoms with van der Waals surface area (Å²) in [6.07, 6.45) is 0. The quantitative estimate of drug-likeness (QED) is 0.740. The number of benzene rings is 1. The number of hydrogen-bond acceptors (Lipinski definition) is 4. The average molecular weight is 261 g/mol. The van der Waals surface area contributed by atoms with E-state index in [0.717, 1.165) is 11.3 Å². The van der Waals surface area contributed by atoms with E-state index in [2.05, 4.69) is 30.8 Å². The highest BCUT2D eigenvalue weighted by molar-refractivity contribution is 6.30. The van der Waals surface area contributed by atoms with E-state index in [1.165, 1.54) is 0 Å². The highest BCUT2D eigenvalue weighted by Gasteiger charge is 2.17. The minimum atomic E-state index is 0.651. The van der Waals surface area contributed by atoms with Gasteiger partial charge in [0.2, 0.25) is 0 Å². The Bertz CT molecular complexity index is 686. The second-order valence-electron chi connectivity index (χ2n) is 3.79.